The fraction of sp³-hybridized carbons (Fsp3) is 0.167. The van der Waals surface area contributed by atoms with Crippen molar-refractivity contribution in [2.24, 2.45) is 0 Å². The Morgan fingerprint density at radius 1 is 1.20 bits per heavy atom. The van der Waals surface area contributed by atoms with E-state index in [0.717, 1.165) is 20.1 Å². The van der Waals surface area contributed by atoms with Gasteiger partial charge in [0.25, 0.3) is 0 Å². The Hall–Kier alpha value is -2.51. The summed E-state index contributed by atoms with van der Waals surface area (Å²) in [7, 11) is 0. The lowest BCUT2D eigenvalue weighted by molar-refractivity contribution is -0.145. The van der Waals surface area contributed by atoms with Crippen molar-refractivity contribution in [3.63, 3.8) is 0 Å². The number of thiophene rings is 1. The number of nitrogens with zero attached hydrogens (tertiary/aromatic N) is 2. The van der Waals surface area contributed by atoms with Crippen LogP contribution in [0.5, 0.6) is 0 Å². The van der Waals surface area contributed by atoms with Gasteiger partial charge in [0.1, 0.15) is 12.3 Å². The third-order valence-corrected chi connectivity index (χ3v) is 5.57. The molecule has 0 fully saturated rings. The summed E-state index contributed by atoms with van der Waals surface area (Å²) in [6.07, 6.45) is 0.882. The number of para-hydroxylation sites is 1. The van der Waals surface area contributed by atoms with Gasteiger partial charge in [-0.05, 0) is 23.6 Å². The number of carbonyl (C=O) groups is 1. The molecule has 0 unspecified atom stereocenters. The zero-order valence-electron chi connectivity index (χ0n) is 13.2. The first-order valence-corrected chi connectivity index (χ1v) is 9.47. The van der Waals surface area contributed by atoms with E-state index in [1.165, 1.54) is 0 Å². The summed E-state index contributed by atoms with van der Waals surface area (Å²) in [6.45, 7) is 0.119. The number of ether oxygens (including phenoxy) is 1. The van der Waals surface area contributed by atoms with Gasteiger partial charge in [0, 0.05) is 12.5 Å². The second kappa shape index (κ2) is 7.16. The normalized spacial score (nSPS) is 11.0. The summed E-state index contributed by atoms with van der Waals surface area (Å²) < 4.78 is 11.7. The molecule has 0 N–H and O–H groups in total. The summed E-state index contributed by atoms with van der Waals surface area (Å²) in [5, 5.41) is 6.85. The molecular formula is C18H14N2O3S2. The van der Waals surface area contributed by atoms with E-state index in [4.69, 9.17) is 9.26 Å². The van der Waals surface area contributed by atoms with Gasteiger partial charge >= 0.3 is 5.97 Å². The number of esters is 1. The molecule has 4 rings (SSSR count). The lowest BCUT2D eigenvalue weighted by atomic mass is 10.3. The predicted molar refractivity (Wildman–Crippen MR) is 97.6 cm³/mol. The van der Waals surface area contributed by atoms with Crippen LogP contribution in [0.2, 0.25) is 0 Å². The first kappa shape index (κ1) is 16.0. The van der Waals surface area contributed by atoms with Crippen molar-refractivity contribution in [2.75, 3.05) is 0 Å². The van der Waals surface area contributed by atoms with Crippen LogP contribution in [0.25, 0.3) is 20.9 Å². The molecule has 3 heterocycles. The van der Waals surface area contributed by atoms with E-state index in [1.54, 1.807) is 28.7 Å². The number of hydrogen-bond acceptors (Lipinski definition) is 7. The lowest BCUT2D eigenvalue weighted by Gasteiger charge is -2.00. The topological polar surface area (TPSA) is 65.2 Å². The molecule has 4 aromatic rings. The molecule has 0 amide bonds. The Balaban J connectivity index is 1.29. The molecule has 0 spiro atoms. The number of benzene rings is 1. The van der Waals surface area contributed by atoms with Crippen molar-refractivity contribution < 1.29 is 14.1 Å². The first-order chi connectivity index (χ1) is 12.3. The molecule has 3 aromatic heterocycles. The molecule has 0 aliphatic heterocycles. The molecule has 5 nitrogen and oxygen atoms in total. The van der Waals surface area contributed by atoms with Gasteiger partial charge in [0.2, 0.25) is 0 Å². The average Bonchev–Trinajstić information content (AvgIpc) is 3.37. The molecule has 0 aliphatic rings. The molecule has 7 heteroatoms. The van der Waals surface area contributed by atoms with Crippen LogP contribution in [0.3, 0.4) is 0 Å². The zero-order chi connectivity index (χ0) is 17.1. The predicted octanol–water partition coefficient (Wildman–Crippen LogP) is 4.69. The average molecular weight is 370 g/mol. The third-order valence-electron chi connectivity index (χ3n) is 3.59. The molecule has 0 radical (unpaired) electrons. The highest BCUT2D eigenvalue weighted by molar-refractivity contribution is 7.18. The van der Waals surface area contributed by atoms with Crippen molar-refractivity contribution in [1.29, 1.82) is 0 Å². The largest absolute Gasteiger partial charge is 0.459 e. The number of aryl methyl sites for hydroxylation is 1. The summed E-state index contributed by atoms with van der Waals surface area (Å²) in [6, 6.07) is 13.7. The van der Waals surface area contributed by atoms with Crippen molar-refractivity contribution in [3.8, 4) is 10.6 Å². The van der Waals surface area contributed by atoms with Crippen LogP contribution in [-0.4, -0.2) is 16.1 Å². The van der Waals surface area contributed by atoms with Crippen LogP contribution in [-0.2, 0) is 22.6 Å². The maximum atomic E-state index is 11.9. The van der Waals surface area contributed by atoms with E-state index in [-0.39, 0.29) is 12.6 Å². The number of carbonyl (C=O) groups excluding carboxylic acids is 1. The van der Waals surface area contributed by atoms with Crippen LogP contribution in [0.15, 0.2) is 52.4 Å². The van der Waals surface area contributed by atoms with E-state index in [0.29, 0.717) is 24.3 Å². The van der Waals surface area contributed by atoms with E-state index in [2.05, 4.69) is 10.1 Å². The van der Waals surface area contributed by atoms with Crippen LogP contribution in [0, 0.1) is 0 Å². The van der Waals surface area contributed by atoms with Gasteiger partial charge in [-0.15, -0.1) is 22.7 Å². The minimum Gasteiger partial charge on any atom is -0.459 e. The van der Waals surface area contributed by atoms with E-state index >= 15 is 0 Å². The fourth-order valence-electron chi connectivity index (χ4n) is 2.38. The summed E-state index contributed by atoms with van der Waals surface area (Å²) in [5.74, 6) is 0.426. The van der Waals surface area contributed by atoms with Crippen molar-refractivity contribution in [3.05, 3.63) is 58.5 Å². The standard InChI is InChI=1S/C18H14N2O3S2/c21-18(8-7-17-19-13-4-1-2-5-15(13)25-17)22-11-12-10-14(23-20-12)16-6-3-9-24-16/h1-6,9-10H,7-8,11H2. The van der Waals surface area contributed by atoms with Crippen LogP contribution in [0.1, 0.15) is 17.1 Å². The Labute approximate surface area is 151 Å². The number of thiazole rings is 1. The minimum absolute atomic E-state index is 0.119. The minimum atomic E-state index is -0.264. The number of fused-ring (bicyclic) bond motifs is 1. The number of hydrogen-bond donors (Lipinski definition) is 0. The molecule has 1 aromatic carbocycles. The second-order valence-electron chi connectivity index (χ2n) is 5.40. The van der Waals surface area contributed by atoms with Crippen LogP contribution < -0.4 is 0 Å². The van der Waals surface area contributed by atoms with Crippen molar-refractivity contribution >= 4 is 38.9 Å². The van der Waals surface area contributed by atoms with Gasteiger partial charge in [-0.3, -0.25) is 4.79 Å². The number of aromatic nitrogens is 2. The molecule has 0 bridgehead atoms. The highest BCUT2D eigenvalue weighted by Gasteiger charge is 2.11. The summed E-state index contributed by atoms with van der Waals surface area (Å²) >= 11 is 3.18. The SMILES string of the molecule is O=C(CCc1nc2ccccc2s1)OCc1cc(-c2cccs2)on1. The van der Waals surface area contributed by atoms with Gasteiger partial charge in [-0.2, -0.15) is 0 Å². The Morgan fingerprint density at radius 3 is 2.96 bits per heavy atom. The monoisotopic (exact) mass is 370 g/mol. The van der Waals surface area contributed by atoms with Gasteiger partial charge < -0.3 is 9.26 Å². The van der Waals surface area contributed by atoms with Gasteiger partial charge in [0.15, 0.2) is 5.76 Å². The molecule has 126 valence electrons. The Kier molecular flexibility index (Phi) is 4.58. The van der Waals surface area contributed by atoms with Gasteiger partial charge in [-0.25, -0.2) is 4.98 Å². The third kappa shape index (κ3) is 3.78. The maximum Gasteiger partial charge on any atom is 0.306 e. The summed E-state index contributed by atoms with van der Waals surface area (Å²) in [5.41, 5.74) is 1.58. The van der Waals surface area contributed by atoms with E-state index in [9.17, 15) is 4.79 Å². The zero-order valence-corrected chi connectivity index (χ0v) is 14.8. The number of rotatable bonds is 6. The highest BCUT2D eigenvalue weighted by Crippen LogP contribution is 2.25. The molecule has 0 atom stereocenters. The lowest BCUT2D eigenvalue weighted by Crippen LogP contribution is -2.06. The highest BCUT2D eigenvalue weighted by atomic mass is 32.1. The van der Waals surface area contributed by atoms with Crippen LogP contribution in [0.4, 0.5) is 0 Å². The fourth-order valence-corrected chi connectivity index (χ4v) is 4.02. The van der Waals surface area contributed by atoms with E-state index in [1.807, 2.05) is 41.8 Å². The first-order valence-electron chi connectivity index (χ1n) is 7.77. The van der Waals surface area contributed by atoms with Gasteiger partial charge in [-0.1, -0.05) is 23.4 Å². The molecule has 0 saturated carbocycles. The van der Waals surface area contributed by atoms with Crippen LogP contribution >= 0.6 is 22.7 Å². The Bertz CT molecular complexity index is 956. The summed E-state index contributed by atoms with van der Waals surface area (Å²) in [4.78, 5) is 17.5. The van der Waals surface area contributed by atoms with Crippen molar-refractivity contribution in [2.45, 2.75) is 19.4 Å². The maximum absolute atomic E-state index is 11.9. The smallest absolute Gasteiger partial charge is 0.306 e. The second-order valence-corrected chi connectivity index (χ2v) is 7.46. The Morgan fingerprint density at radius 2 is 2.12 bits per heavy atom. The van der Waals surface area contributed by atoms with Gasteiger partial charge in [0.05, 0.1) is 26.5 Å². The quantitative estimate of drug-likeness (QED) is 0.461. The molecule has 0 aliphatic carbocycles. The molecule has 25 heavy (non-hydrogen) atoms. The molecule has 0 saturated heterocycles. The van der Waals surface area contributed by atoms with E-state index < -0.39 is 0 Å². The van der Waals surface area contributed by atoms with Crippen molar-refractivity contribution in [1.82, 2.24) is 10.1 Å². The molecular weight excluding hydrogens is 356 g/mol.